The van der Waals surface area contributed by atoms with E-state index in [1.807, 2.05) is 12.1 Å². The molecule has 0 amide bonds. The third-order valence-corrected chi connectivity index (χ3v) is 17.7. The van der Waals surface area contributed by atoms with E-state index >= 15 is 0 Å². The molecule has 0 fully saturated rings. The lowest BCUT2D eigenvalue weighted by Gasteiger charge is -2.45. The van der Waals surface area contributed by atoms with Crippen LogP contribution in [0.25, 0.3) is 0 Å². The largest absolute Gasteiger partial charge is 0.496 e. The van der Waals surface area contributed by atoms with Crippen molar-refractivity contribution in [3.63, 3.8) is 0 Å². The van der Waals surface area contributed by atoms with Crippen molar-refractivity contribution >= 4 is 0 Å². The molecular formula is C68H64O12. The summed E-state index contributed by atoms with van der Waals surface area (Å²) in [6.45, 7) is 0. The van der Waals surface area contributed by atoms with Crippen LogP contribution in [-0.4, -0.2) is 85.3 Å². The molecular weight excluding hydrogens is 1010 g/mol. The predicted molar refractivity (Wildman–Crippen MR) is 305 cm³/mol. The van der Waals surface area contributed by atoms with Gasteiger partial charge in [0.2, 0.25) is 0 Å². The van der Waals surface area contributed by atoms with Crippen LogP contribution in [0.3, 0.4) is 0 Å². The Hall–Kier alpha value is -8.64. The number of hydrogen-bond donors (Lipinski definition) is 0. The van der Waals surface area contributed by atoms with Gasteiger partial charge in [0.15, 0.2) is 0 Å². The lowest BCUT2D eigenvalue weighted by molar-refractivity contribution is 0.371. The Morgan fingerprint density at radius 1 is 0.225 bits per heavy atom. The zero-order valence-corrected chi connectivity index (χ0v) is 47.3. The zero-order valence-electron chi connectivity index (χ0n) is 47.3. The number of rotatable bonds is 12. The Morgan fingerprint density at radius 3 is 0.625 bits per heavy atom. The molecule has 12 nitrogen and oxygen atoms in total. The molecule has 4 unspecified atom stereocenters. The van der Waals surface area contributed by atoms with Crippen molar-refractivity contribution in [2.75, 3.05) is 85.3 Å². The third kappa shape index (κ3) is 7.12. The van der Waals surface area contributed by atoms with E-state index in [1.54, 1.807) is 85.3 Å². The minimum atomic E-state index is -0.305. The lowest BCUT2D eigenvalue weighted by atomic mass is 9.59. The summed E-state index contributed by atoms with van der Waals surface area (Å²) in [4.78, 5) is 0. The fourth-order valence-corrected chi connectivity index (χ4v) is 14.8. The number of benzene rings is 8. The highest BCUT2D eigenvalue weighted by molar-refractivity contribution is 5.81. The van der Waals surface area contributed by atoms with Crippen LogP contribution in [0.5, 0.6) is 69.0 Å². The van der Waals surface area contributed by atoms with E-state index in [4.69, 9.17) is 56.8 Å². The van der Waals surface area contributed by atoms with Crippen molar-refractivity contribution in [1.29, 1.82) is 0 Å². The van der Waals surface area contributed by atoms with Crippen LogP contribution < -0.4 is 56.8 Å². The van der Waals surface area contributed by atoms with E-state index in [1.165, 1.54) is 22.3 Å². The van der Waals surface area contributed by atoms with Crippen LogP contribution >= 0.6 is 0 Å². The molecule has 0 N–H and O–H groups in total. The van der Waals surface area contributed by atoms with Crippen LogP contribution in [0, 0.1) is 0 Å². The predicted octanol–water partition coefficient (Wildman–Crippen LogP) is 12.4. The van der Waals surface area contributed by atoms with E-state index in [0.29, 0.717) is 48.7 Å². The highest BCUT2D eigenvalue weighted by atomic mass is 16.5. The maximum absolute atomic E-state index is 6.69. The molecule has 21 rings (SSSR count). The summed E-state index contributed by atoms with van der Waals surface area (Å²) in [7, 11) is 20.8. The Morgan fingerprint density at radius 2 is 0.438 bits per heavy atom. The molecule has 0 spiro atoms. The van der Waals surface area contributed by atoms with Crippen LogP contribution in [0.15, 0.2) is 97.1 Å². The van der Waals surface area contributed by atoms with Gasteiger partial charge >= 0.3 is 0 Å². The molecule has 0 radical (unpaired) electrons. The molecule has 80 heavy (non-hydrogen) atoms. The van der Waals surface area contributed by atoms with Crippen molar-refractivity contribution in [2.24, 2.45) is 0 Å². The smallest absolute Gasteiger partial charge is 0.127 e. The molecule has 12 heteroatoms. The molecule has 13 aliphatic carbocycles. The van der Waals surface area contributed by atoms with E-state index in [-0.39, 0.29) is 23.7 Å². The molecule has 20 bridgehead atoms. The number of hydrogen-bond acceptors (Lipinski definition) is 12. The highest BCUT2D eigenvalue weighted by Gasteiger charge is 2.51. The summed E-state index contributed by atoms with van der Waals surface area (Å²) in [6.07, 6.45) is 1.76. The fourth-order valence-electron chi connectivity index (χ4n) is 14.8. The van der Waals surface area contributed by atoms with Gasteiger partial charge in [-0.05, 0) is 80.9 Å². The van der Waals surface area contributed by atoms with Crippen LogP contribution in [-0.2, 0) is 25.7 Å². The van der Waals surface area contributed by atoms with Crippen molar-refractivity contribution in [3.05, 3.63) is 208 Å². The van der Waals surface area contributed by atoms with Gasteiger partial charge in [0.25, 0.3) is 0 Å². The highest BCUT2D eigenvalue weighted by Crippen LogP contribution is 2.67. The first kappa shape index (κ1) is 50.8. The first-order chi connectivity index (χ1) is 39.1. The summed E-state index contributed by atoms with van der Waals surface area (Å²) in [5.41, 5.74) is 20.4. The Bertz CT molecular complexity index is 3390. The number of ether oxygens (including phenoxy) is 12. The minimum absolute atomic E-state index is 0.305. The van der Waals surface area contributed by atoms with Gasteiger partial charge in [0.1, 0.15) is 69.0 Å². The third-order valence-electron chi connectivity index (χ3n) is 17.7. The quantitative estimate of drug-likeness (QED) is 0.116. The zero-order chi connectivity index (χ0) is 55.4. The Balaban J connectivity index is 1.13. The van der Waals surface area contributed by atoms with Crippen LogP contribution in [0.2, 0.25) is 0 Å². The molecule has 408 valence electrons. The molecule has 0 saturated heterocycles. The normalized spacial score (nSPS) is 17.1. The second kappa shape index (κ2) is 19.6. The van der Waals surface area contributed by atoms with E-state index in [2.05, 4.69) is 84.9 Å². The van der Waals surface area contributed by atoms with Gasteiger partial charge in [-0.2, -0.15) is 0 Å². The summed E-state index contributed by atoms with van der Waals surface area (Å²) in [6, 6.07) is 34.2. The van der Waals surface area contributed by atoms with Crippen LogP contribution in [0.1, 0.15) is 135 Å². The van der Waals surface area contributed by atoms with Crippen molar-refractivity contribution < 1.29 is 56.8 Å². The Kier molecular flexibility index (Phi) is 12.5. The first-order valence-corrected chi connectivity index (χ1v) is 26.9. The van der Waals surface area contributed by atoms with Gasteiger partial charge in [-0.1, -0.05) is 48.5 Å². The topological polar surface area (TPSA) is 111 Å². The van der Waals surface area contributed by atoms with Gasteiger partial charge in [-0.15, -0.1) is 0 Å². The standard InChI is InChI=1S/C68H64O12/c1-69-45-31-46(70-2)34-21-33(45)23-37-27-49(73-5)57-54-42-18-14-13-17-41(42)53(61(57)65(37)77-9)58-51(75-7)29-39(67(79-11)63(54)58)25-35-22-36(48(72-4)32-47(35)71-3)26-40-30-52(76-8)60-55-43-19-15-16-20-44(43)56(64(60)68(40)80-12)59-50(74-6)28-38(24-34)66(78-10)62(55)59/h13-22,27-32,53-56H,23-26H2,1-12H3. The second-order valence-electron chi connectivity index (χ2n) is 21.0. The second-order valence-corrected chi connectivity index (χ2v) is 21.0. The molecule has 0 heterocycles. The minimum Gasteiger partial charge on any atom is -0.496 e. The Labute approximate surface area is 466 Å². The van der Waals surface area contributed by atoms with Gasteiger partial charge in [0.05, 0.1) is 85.3 Å². The molecule has 0 saturated carbocycles. The monoisotopic (exact) mass is 1070 g/mol. The van der Waals surface area contributed by atoms with Crippen molar-refractivity contribution in [1.82, 2.24) is 0 Å². The van der Waals surface area contributed by atoms with Gasteiger partial charge in [-0.25, -0.2) is 0 Å². The summed E-state index contributed by atoms with van der Waals surface area (Å²) >= 11 is 0. The molecule has 0 aliphatic heterocycles. The molecule has 13 aliphatic rings. The van der Waals surface area contributed by atoms with Gasteiger partial charge in [-0.3, -0.25) is 0 Å². The number of methoxy groups -OCH3 is 12. The SMILES string of the molecule is COc1cc(OC)c2cc1Cc1cc(OC)c3c(c1OC)C1c4ccccc4C3c3c(OC)c(cc(OC)c31)Cc1cc(c(OC)cc1OC)Cc1cc(OC)c3c(c1OC)C1c4ccccc4C3c3c(OC)c(cc(OC)c31)C2. The first-order valence-electron chi connectivity index (χ1n) is 26.9. The van der Waals surface area contributed by atoms with E-state index < -0.39 is 0 Å². The van der Waals surface area contributed by atoms with E-state index in [0.717, 1.165) is 135 Å². The van der Waals surface area contributed by atoms with Crippen molar-refractivity contribution in [3.8, 4) is 69.0 Å². The maximum atomic E-state index is 6.69. The fraction of sp³-hybridized carbons (Fsp3) is 0.294. The average molecular weight is 1070 g/mol. The maximum Gasteiger partial charge on any atom is 0.127 e. The molecule has 8 aromatic rings. The van der Waals surface area contributed by atoms with Crippen LogP contribution in [0.4, 0.5) is 0 Å². The van der Waals surface area contributed by atoms with Gasteiger partial charge < -0.3 is 56.8 Å². The summed E-state index contributed by atoms with van der Waals surface area (Å²) in [5.74, 6) is 7.56. The van der Waals surface area contributed by atoms with E-state index in [9.17, 15) is 0 Å². The van der Waals surface area contributed by atoms with Crippen molar-refractivity contribution in [2.45, 2.75) is 49.4 Å². The molecule has 4 atom stereocenters. The lowest BCUT2D eigenvalue weighted by Crippen LogP contribution is -2.30. The average Bonchev–Trinajstić information content (AvgIpc) is 3.24. The molecule has 0 aromatic heterocycles. The summed E-state index contributed by atoms with van der Waals surface area (Å²) in [5, 5.41) is 0. The van der Waals surface area contributed by atoms with Gasteiger partial charge in [0, 0.05) is 128 Å². The summed E-state index contributed by atoms with van der Waals surface area (Å²) < 4.78 is 77.8. The molecule has 8 aromatic carbocycles.